The van der Waals surface area contributed by atoms with Gasteiger partial charge in [-0.1, -0.05) is 12.1 Å². The molecule has 4 heterocycles. The largest absolute Gasteiger partial charge is 0.378 e. The smallest absolute Gasteiger partial charge is 0.296 e. The quantitative estimate of drug-likeness (QED) is 0.396. The van der Waals surface area contributed by atoms with Gasteiger partial charge < -0.3 is 14.5 Å². The number of alkyl halides is 3. The number of fused-ring (bicyclic) bond motifs is 1. The van der Waals surface area contributed by atoms with Gasteiger partial charge in [0.2, 0.25) is 27.9 Å². The van der Waals surface area contributed by atoms with E-state index in [1.54, 1.807) is 12.1 Å². The minimum atomic E-state index is -3.49. The molecule has 0 aliphatic carbocycles. The lowest BCUT2D eigenvalue weighted by atomic mass is 10.1. The zero-order valence-corrected chi connectivity index (χ0v) is 22.7. The van der Waals surface area contributed by atoms with E-state index in [0.29, 0.717) is 75.2 Å². The van der Waals surface area contributed by atoms with Gasteiger partial charge in [-0.25, -0.2) is 26.5 Å². The topological polar surface area (TPSA) is 110 Å². The SMILES string of the molecule is Cc1cccc2c1nc(C(F)F)n2-c1nc(N2CCOCC2)nc(N(C)C2CCN(S(=O)(=O)CCl)CC2)n1. The van der Waals surface area contributed by atoms with Crippen LogP contribution in [0.15, 0.2) is 18.2 Å². The number of imidazole rings is 1. The van der Waals surface area contributed by atoms with Crippen LogP contribution in [0.25, 0.3) is 17.0 Å². The number of morpholine rings is 1. The van der Waals surface area contributed by atoms with Crippen LogP contribution >= 0.6 is 11.6 Å². The fraction of sp³-hybridized carbons (Fsp3) is 0.565. The molecule has 0 spiro atoms. The molecule has 2 saturated heterocycles. The number of hydrogen-bond acceptors (Lipinski definition) is 9. The molecule has 0 radical (unpaired) electrons. The van der Waals surface area contributed by atoms with E-state index in [0.717, 1.165) is 5.56 Å². The van der Waals surface area contributed by atoms with Crippen molar-refractivity contribution in [3.63, 3.8) is 0 Å². The van der Waals surface area contributed by atoms with E-state index in [1.807, 2.05) is 29.8 Å². The van der Waals surface area contributed by atoms with Crippen molar-refractivity contribution >= 4 is 44.6 Å². The maximum absolute atomic E-state index is 14.2. The zero-order chi connectivity index (χ0) is 27.0. The van der Waals surface area contributed by atoms with Gasteiger partial charge in [0.15, 0.2) is 5.82 Å². The van der Waals surface area contributed by atoms with E-state index in [2.05, 4.69) is 15.0 Å². The average molecular weight is 571 g/mol. The van der Waals surface area contributed by atoms with Crippen molar-refractivity contribution in [2.75, 3.05) is 61.5 Å². The molecule has 0 atom stereocenters. The first-order valence-corrected chi connectivity index (χ1v) is 14.5. The summed E-state index contributed by atoms with van der Waals surface area (Å²) in [5.41, 5.74) is 1.70. The second-order valence-electron chi connectivity index (χ2n) is 9.35. The van der Waals surface area contributed by atoms with E-state index >= 15 is 0 Å². The van der Waals surface area contributed by atoms with Gasteiger partial charge in [-0.15, -0.1) is 11.6 Å². The molecule has 11 nitrogen and oxygen atoms in total. The maximum atomic E-state index is 14.2. The van der Waals surface area contributed by atoms with Crippen molar-refractivity contribution in [3.05, 3.63) is 29.6 Å². The average Bonchev–Trinajstić information content (AvgIpc) is 3.34. The molecule has 0 unspecified atom stereocenters. The Morgan fingerprint density at radius 3 is 2.42 bits per heavy atom. The van der Waals surface area contributed by atoms with Crippen molar-refractivity contribution in [3.8, 4) is 5.95 Å². The van der Waals surface area contributed by atoms with Crippen LogP contribution in [0.5, 0.6) is 0 Å². The lowest BCUT2D eigenvalue weighted by molar-refractivity contribution is 0.122. The number of benzene rings is 1. The van der Waals surface area contributed by atoms with E-state index in [4.69, 9.17) is 21.3 Å². The summed E-state index contributed by atoms with van der Waals surface area (Å²) in [6.45, 7) is 4.54. The molecule has 5 rings (SSSR count). The number of aromatic nitrogens is 5. The number of aryl methyl sites for hydroxylation is 1. The monoisotopic (exact) mass is 570 g/mol. The normalized spacial score (nSPS) is 18.0. The molecule has 0 saturated carbocycles. The fourth-order valence-electron chi connectivity index (χ4n) is 4.86. The van der Waals surface area contributed by atoms with Crippen LogP contribution in [0, 0.1) is 6.92 Å². The molecular formula is C23H29ClF2N8O3S. The number of anilines is 2. The number of para-hydroxylation sites is 1. The second-order valence-corrected chi connectivity index (χ2v) is 11.9. The second kappa shape index (κ2) is 10.8. The van der Waals surface area contributed by atoms with Crippen molar-refractivity contribution in [2.24, 2.45) is 0 Å². The minimum absolute atomic E-state index is 0.0499. The molecule has 2 aliphatic rings. The van der Waals surface area contributed by atoms with Gasteiger partial charge in [0.1, 0.15) is 5.21 Å². The van der Waals surface area contributed by atoms with Crippen LogP contribution in [0.4, 0.5) is 20.7 Å². The van der Waals surface area contributed by atoms with Crippen molar-refractivity contribution < 1.29 is 21.9 Å². The highest BCUT2D eigenvalue weighted by Gasteiger charge is 2.31. The Morgan fingerprint density at radius 2 is 1.76 bits per heavy atom. The number of rotatable bonds is 7. The molecule has 2 aromatic heterocycles. The van der Waals surface area contributed by atoms with Crippen molar-refractivity contribution in [1.29, 1.82) is 0 Å². The molecule has 0 amide bonds. The maximum Gasteiger partial charge on any atom is 0.296 e. The molecule has 206 valence electrons. The molecule has 38 heavy (non-hydrogen) atoms. The number of halogens is 3. The fourth-order valence-corrected chi connectivity index (χ4v) is 6.18. The van der Waals surface area contributed by atoms with Gasteiger partial charge in [-0.2, -0.15) is 15.0 Å². The van der Waals surface area contributed by atoms with Crippen LogP contribution in [-0.2, 0) is 14.8 Å². The highest BCUT2D eigenvalue weighted by atomic mass is 35.5. The Kier molecular flexibility index (Phi) is 7.67. The number of ether oxygens (including phenoxy) is 1. The molecule has 1 aromatic carbocycles. The summed E-state index contributed by atoms with van der Waals surface area (Å²) in [5.74, 6) is 0.275. The molecule has 3 aromatic rings. The number of nitrogens with zero attached hydrogens (tertiary/aromatic N) is 8. The van der Waals surface area contributed by atoms with E-state index in [-0.39, 0.29) is 12.0 Å². The van der Waals surface area contributed by atoms with Crippen LogP contribution in [0.3, 0.4) is 0 Å². The van der Waals surface area contributed by atoms with Crippen molar-refractivity contribution in [1.82, 2.24) is 28.8 Å². The Morgan fingerprint density at radius 1 is 1.08 bits per heavy atom. The van der Waals surface area contributed by atoms with E-state index in [9.17, 15) is 17.2 Å². The third-order valence-electron chi connectivity index (χ3n) is 7.02. The highest BCUT2D eigenvalue weighted by Crippen LogP contribution is 2.30. The predicted molar refractivity (Wildman–Crippen MR) is 140 cm³/mol. The molecule has 2 aliphatic heterocycles. The first-order valence-electron chi connectivity index (χ1n) is 12.3. The third-order valence-corrected chi connectivity index (χ3v) is 9.27. The van der Waals surface area contributed by atoms with Gasteiger partial charge in [0, 0.05) is 39.3 Å². The van der Waals surface area contributed by atoms with Gasteiger partial charge in [0.25, 0.3) is 6.43 Å². The first-order chi connectivity index (χ1) is 18.2. The Hall–Kier alpha value is -2.68. The first kappa shape index (κ1) is 26.9. The summed E-state index contributed by atoms with van der Waals surface area (Å²) in [5, 5.41) is -0.460. The highest BCUT2D eigenvalue weighted by molar-refractivity contribution is 7.90. The van der Waals surface area contributed by atoms with Crippen molar-refractivity contribution in [2.45, 2.75) is 32.2 Å². The number of hydrogen-bond donors (Lipinski definition) is 0. The molecule has 0 bridgehead atoms. The van der Waals surface area contributed by atoms with Gasteiger partial charge in [-0.05, 0) is 31.4 Å². The summed E-state index contributed by atoms with van der Waals surface area (Å²) in [6, 6.07) is 5.25. The lowest BCUT2D eigenvalue weighted by Crippen LogP contribution is -2.46. The summed E-state index contributed by atoms with van der Waals surface area (Å²) in [7, 11) is -1.67. The summed E-state index contributed by atoms with van der Waals surface area (Å²) < 4.78 is 60.9. The third kappa shape index (κ3) is 5.14. The van der Waals surface area contributed by atoms with Gasteiger partial charge in [0.05, 0.1) is 24.2 Å². The summed E-state index contributed by atoms with van der Waals surface area (Å²) in [4.78, 5) is 22.0. The standard InChI is InChI=1S/C23H29ClF2N8O3S/c1-15-4-3-5-17-18(15)27-20(19(25)26)34(17)23-29-21(28-22(30-23)32-10-12-37-13-11-32)31(2)16-6-8-33(9-7-16)38(35,36)14-24/h3-5,16,19H,6-14H2,1-2H3. The summed E-state index contributed by atoms with van der Waals surface area (Å²) >= 11 is 5.62. The summed E-state index contributed by atoms with van der Waals surface area (Å²) in [6.07, 6.45) is -1.77. The zero-order valence-electron chi connectivity index (χ0n) is 21.1. The predicted octanol–water partition coefficient (Wildman–Crippen LogP) is 2.72. The van der Waals surface area contributed by atoms with Crippen LogP contribution in [0.1, 0.15) is 30.7 Å². The Labute approximate surface area is 224 Å². The molecule has 2 fully saturated rings. The number of piperidine rings is 1. The van der Waals surface area contributed by atoms with Gasteiger partial charge >= 0.3 is 0 Å². The van der Waals surface area contributed by atoms with Gasteiger partial charge in [-0.3, -0.25) is 4.57 Å². The lowest BCUT2D eigenvalue weighted by Gasteiger charge is -2.36. The number of sulfonamides is 1. The molecule has 15 heteroatoms. The molecule has 0 N–H and O–H groups in total. The Bertz CT molecular complexity index is 1410. The van der Waals surface area contributed by atoms with E-state index in [1.165, 1.54) is 8.87 Å². The van der Waals surface area contributed by atoms with Crippen LogP contribution < -0.4 is 9.80 Å². The van der Waals surface area contributed by atoms with Crippen LogP contribution in [0.2, 0.25) is 0 Å². The van der Waals surface area contributed by atoms with Crippen LogP contribution in [-0.4, -0.2) is 94.9 Å². The van der Waals surface area contributed by atoms with E-state index < -0.39 is 27.5 Å². The Balaban J connectivity index is 1.56. The minimum Gasteiger partial charge on any atom is -0.378 e. The molecular weight excluding hydrogens is 542 g/mol.